The first-order valence-electron chi connectivity index (χ1n) is 3.97. The zero-order valence-electron chi connectivity index (χ0n) is 7.56. The van der Waals surface area contributed by atoms with Gasteiger partial charge in [-0.15, -0.1) is 0 Å². The van der Waals surface area contributed by atoms with Gasteiger partial charge < -0.3 is 10.5 Å². The first-order valence-corrected chi connectivity index (χ1v) is 3.97. The highest BCUT2D eigenvalue weighted by Gasteiger charge is 2.11. The van der Waals surface area contributed by atoms with Gasteiger partial charge in [0.05, 0.1) is 12.7 Å². The molecule has 0 fully saturated rings. The lowest BCUT2D eigenvalue weighted by atomic mass is 10.2. The molecule has 2 aromatic rings. The van der Waals surface area contributed by atoms with E-state index in [1.807, 2.05) is 0 Å². The van der Waals surface area contributed by atoms with E-state index in [9.17, 15) is 0 Å². The summed E-state index contributed by atoms with van der Waals surface area (Å²) in [6, 6.07) is 1.76. The molecule has 6 heteroatoms. The van der Waals surface area contributed by atoms with E-state index < -0.39 is 0 Å². The van der Waals surface area contributed by atoms with Crippen molar-refractivity contribution in [3.8, 4) is 17.1 Å². The van der Waals surface area contributed by atoms with Gasteiger partial charge in [-0.25, -0.2) is 9.97 Å². The highest BCUT2D eigenvalue weighted by molar-refractivity contribution is 5.70. The van der Waals surface area contributed by atoms with Crippen molar-refractivity contribution in [3.05, 3.63) is 18.6 Å². The van der Waals surface area contributed by atoms with Gasteiger partial charge in [0.15, 0.2) is 17.4 Å². The zero-order valence-corrected chi connectivity index (χ0v) is 7.56. The molecule has 0 amide bonds. The Bertz CT molecular complexity index is 425. The maximum atomic E-state index is 5.64. The van der Waals surface area contributed by atoms with E-state index in [-0.39, 0.29) is 0 Å². The van der Waals surface area contributed by atoms with Crippen LogP contribution in [0.4, 0.5) is 5.82 Å². The van der Waals surface area contributed by atoms with Crippen LogP contribution in [0, 0.1) is 0 Å². The van der Waals surface area contributed by atoms with Crippen LogP contribution in [0.25, 0.3) is 11.4 Å². The van der Waals surface area contributed by atoms with Gasteiger partial charge in [-0.1, -0.05) is 0 Å². The maximum Gasteiger partial charge on any atom is 0.171 e. The van der Waals surface area contributed by atoms with Crippen LogP contribution >= 0.6 is 0 Å². The molecule has 0 aliphatic rings. The number of aromatic nitrogens is 4. The van der Waals surface area contributed by atoms with Gasteiger partial charge in [0.1, 0.15) is 6.33 Å². The summed E-state index contributed by atoms with van der Waals surface area (Å²) >= 11 is 0. The smallest absolute Gasteiger partial charge is 0.171 e. The Hall–Kier alpha value is -2.11. The molecule has 0 unspecified atom stereocenters. The fourth-order valence-corrected chi connectivity index (χ4v) is 1.20. The molecule has 0 spiro atoms. The molecule has 2 aromatic heterocycles. The van der Waals surface area contributed by atoms with Crippen molar-refractivity contribution in [2.45, 2.75) is 0 Å². The van der Waals surface area contributed by atoms with Gasteiger partial charge in [-0.2, -0.15) is 5.10 Å². The monoisotopic (exact) mass is 191 g/mol. The van der Waals surface area contributed by atoms with Crippen molar-refractivity contribution in [2.75, 3.05) is 12.8 Å². The van der Waals surface area contributed by atoms with Crippen LogP contribution in [0.2, 0.25) is 0 Å². The largest absolute Gasteiger partial charge is 0.492 e. The van der Waals surface area contributed by atoms with E-state index in [0.717, 1.165) is 5.56 Å². The summed E-state index contributed by atoms with van der Waals surface area (Å²) in [5.41, 5.74) is 6.39. The van der Waals surface area contributed by atoms with Crippen LogP contribution in [0.5, 0.6) is 5.75 Å². The second-order valence-electron chi connectivity index (χ2n) is 2.61. The van der Waals surface area contributed by atoms with Crippen molar-refractivity contribution < 1.29 is 4.74 Å². The number of ether oxygens (including phenoxy) is 1. The third-order valence-corrected chi connectivity index (χ3v) is 1.81. The lowest BCUT2D eigenvalue weighted by Crippen LogP contribution is -1.98. The van der Waals surface area contributed by atoms with Crippen LogP contribution in [0.1, 0.15) is 0 Å². The average Bonchev–Trinajstić information content (AvgIpc) is 2.70. The number of pyridine rings is 1. The van der Waals surface area contributed by atoms with Gasteiger partial charge in [-0.3, -0.25) is 5.10 Å². The molecule has 14 heavy (non-hydrogen) atoms. The van der Waals surface area contributed by atoms with E-state index >= 15 is 0 Å². The third kappa shape index (κ3) is 1.26. The van der Waals surface area contributed by atoms with Gasteiger partial charge in [0.25, 0.3) is 0 Å². The van der Waals surface area contributed by atoms with Crippen molar-refractivity contribution in [3.63, 3.8) is 0 Å². The number of hydrogen-bond acceptors (Lipinski definition) is 5. The fraction of sp³-hybridized carbons (Fsp3) is 0.125. The maximum absolute atomic E-state index is 5.64. The minimum Gasteiger partial charge on any atom is -0.492 e. The molecule has 0 aliphatic carbocycles. The molecule has 0 bridgehead atoms. The molecule has 6 nitrogen and oxygen atoms in total. The van der Waals surface area contributed by atoms with Gasteiger partial charge in [-0.05, 0) is 6.07 Å². The lowest BCUT2D eigenvalue weighted by molar-refractivity contribution is 0.417. The minimum atomic E-state index is 0.335. The first kappa shape index (κ1) is 8.49. The van der Waals surface area contributed by atoms with E-state index in [2.05, 4.69) is 20.2 Å². The van der Waals surface area contributed by atoms with E-state index in [1.165, 1.54) is 13.4 Å². The van der Waals surface area contributed by atoms with Crippen molar-refractivity contribution in [2.24, 2.45) is 0 Å². The number of methoxy groups -OCH3 is 1. The molecule has 2 rings (SSSR count). The number of nitrogens with one attached hydrogen (secondary N) is 1. The van der Waals surface area contributed by atoms with Crippen molar-refractivity contribution in [1.82, 2.24) is 20.2 Å². The van der Waals surface area contributed by atoms with Crippen molar-refractivity contribution >= 4 is 5.82 Å². The summed E-state index contributed by atoms with van der Waals surface area (Å²) in [5.74, 6) is 1.45. The number of anilines is 1. The Morgan fingerprint density at radius 2 is 2.29 bits per heavy atom. The Morgan fingerprint density at radius 3 is 2.93 bits per heavy atom. The minimum absolute atomic E-state index is 0.335. The highest BCUT2D eigenvalue weighted by atomic mass is 16.5. The highest BCUT2D eigenvalue weighted by Crippen LogP contribution is 2.30. The van der Waals surface area contributed by atoms with Gasteiger partial charge in [0, 0.05) is 6.20 Å². The number of nitrogens with two attached hydrogens (primary N) is 1. The molecule has 0 radical (unpaired) electrons. The molecule has 3 N–H and O–H groups in total. The van der Waals surface area contributed by atoms with Crippen LogP contribution in [0.15, 0.2) is 18.6 Å². The third-order valence-electron chi connectivity index (χ3n) is 1.81. The zero-order chi connectivity index (χ0) is 9.97. The molecule has 72 valence electrons. The molecule has 0 atom stereocenters. The quantitative estimate of drug-likeness (QED) is 0.719. The molecule has 0 aromatic carbocycles. The summed E-state index contributed by atoms with van der Waals surface area (Å²) in [5, 5.41) is 6.48. The predicted molar refractivity (Wildman–Crippen MR) is 50.6 cm³/mol. The molecule has 0 saturated carbocycles. The van der Waals surface area contributed by atoms with E-state index in [0.29, 0.717) is 17.4 Å². The van der Waals surface area contributed by atoms with Gasteiger partial charge >= 0.3 is 0 Å². The lowest BCUT2D eigenvalue weighted by Gasteiger charge is -2.06. The van der Waals surface area contributed by atoms with E-state index in [1.54, 1.807) is 12.3 Å². The average molecular weight is 191 g/mol. The summed E-state index contributed by atoms with van der Waals surface area (Å²) < 4.78 is 5.12. The van der Waals surface area contributed by atoms with Crippen LogP contribution in [-0.2, 0) is 0 Å². The summed E-state index contributed by atoms with van der Waals surface area (Å²) in [6.45, 7) is 0. The number of nitrogen functional groups attached to an aromatic ring is 1. The number of rotatable bonds is 2. The normalized spacial score (nSPS) is 10.1. The summed E-state index contributed by atoms with van der Waals surface area (Å²) in [6.07, 6.45) is 3.01. The molecule has 2 heterocycles. The second-order valence-corrected chi connectivity index (χ2v) is 2.61. The Morgan fingerprint density at radius 1 is 1.43 bits per heavy atom. The van der Waals surface area contributed by atoms with Crippen LogP contribution < -0.4 is 10.5 Å². The number of nitrogens with zero attached hydrogens (tertiary/aromatic N) is 3. The number of hydrogen-bond donors (Lipinski definition) is 2. The molecule has 0 saturated heterocycles. The summed E-state index contributed by atoms with van der Waals surface area (Å²) in [7, 11) is 1.53. The first-order chi connectivity index (χ1) is 6.83. The molecular weight excluding hydrogens is 182 g/mol. The van der Waals surface area contributed by atoms with E-state index in [4.69, 9.17) is 10.5 Å². The Kier molecular flexibility index (Phi) is 2.02. The topological polar surface area (TPSA) is 89.7 Å². The Balaban J connectivity index is 2.58. The van der Waals surface area contributed by atoms with Gasteiger partial charge in [0.2, 0.25) is 0 Å². The SMILES string of the molecule is COc1c(-c2ncn[nH]2)ccnc1N. The molecular formula is C8H9N5O. The molecule has 0 aliphatic heterocycles. The van der Waals surface area contributed by atoms with Crippen LogP contribution in [0.3, 0.4) is 0 Å². The predicted octanol–water partition coefficient (Wildman–Crippen LogP) is 0.457. The fourth-order valence-electron chi connectivity index (χ4n) is 1.20. The van der Waals surface area contributed by atoms with Crippen molar-refractivity contribution in [1.29, 1.82) is 0 Å². The standard InChI is InChI=1S/C8H9N5O/c1-14-6-5(2-3-10-7(6)9)8-11-4-12-13-8/h2-4H,1H3,(H2,9,10)(H,11,12,13). The second kappa shape index (κ2) is 3.33. The summed E-state index contributed by atoms with van der Waals surface area (Å²) in [4.78, 5) is 7.92. The van der Waals surface area contributed by atoms with Crippen LogP contribution in [-0.4, -0.2) is 27.3 Å². The number of aromatic amines is 1. The number of H-pyrrole nitrogens is 1. The Labute approximate surface area is 80.1 Å².